The van der Waals surface area contributed by atoms with Crippen molar-refractivity contribution in [1.29, 1.82) is 0 Å². The Morgan fingerprint density at radius 1 is 1.53 bits per heavy atom. The van der Waals surface area contributed by atoms with Crippen LogP contribution in [0.4, 0.5) is 4.79 Å². The number of alkyl carbamates (subject to hydrolysis) is 1. The highest BCUT2D eigenvalue weighted by atomic mass is 32.1. The fourth-order valence-electron chi connectivity index (χ4n) is 1.26. The van der Waals surface area contributed by atoms with E-state index < -0.39 is 0 Å². The predicted octanol–water partition coefficient (Wildman–Crippen LogP) is 2.81. The molecule has 1 atom stereocenters. The maximum absolute atomic E-state index is 11.3. The standard InChI is InChI=1S/C11H17NO2S/c1-8(2)14-11(13)12-9(3)6-10-4-5-15-7-10/h4-5,7-9H,6H2,1-3H3,(H,12,13). The Hall–Kier alpha value is -1.03. The normalized spacial score (nSPS) is 12.5. The zero-order valence-electron chi connectivity index (χ0n) is 9.32. The number of hydrogen-bond acceptors (Lipinski definition) is 3. The van der Waals surface area contributed by atoms with Crippen LogP contribution in [0.3, 0.4) is 0 Å². The topological polar surface area (TPSA) is 38.3 Å². The molecule has 1 unspecified atom stereocenters. The maximum atomic E-state index is 11.3. The molecule has 0 aliphatic heterocycles. The van der Waals surface area contributed by atoms with Crippen LogP contribution in [0.15, 0.2) is 16.8 Å². The largest absolute Gasteiger partial charge is 0.447 e. The van der Waals surface area contributed by atoms with E-state index in [1.807, 2.05) is 26.2 Å². The number of hydrogen-bond donors (Lipinski definition) is 1. The molecule has 1 aromatic rings. The third kappa shape index (κ3) is 4.83. The summed E-state index contributed by atoms with van der Waals surface area (Å²) in [6.45, 7) is 5.64. The molecule has 4 heteroatoms. The number of rotatable bonds is 4. The highest BCUT2D eigenvalue weighted by Crippen LogP contribution is 2.08. The van der Waals surface area contributed by atoms with E-state index in [0.717, 1.165) is 6.42 Å². The molecule has 1 heterocycles. The fraction of sp³-hybridized carbons (Fsp3) is 0.545. The summed E-state index contributed by atoms with van der Waals surface area (Å²) >= 11 is 1.67. The molecule has 84 valence electrons. The van der Waals surface area contributed by atoms with Crippen molar-refractivity contribution in [2.24, 2.45) is 0 Å². The van der Waals surface area contributed by atoms with E-state index in [2.05, 4.69) is 16.8 Å². The highest BCUT2D eigenvalue weighted by molar-refractivity contribution is 7.07. The van der Waals surface area contributed by atoms with E-state index in [4.69, 9.17) is 4.74 Å². The lowest BCUT2D eigenvalue weighted by molar-refractivity contribution is 0.113. The Morgan fingerprint density at radius 3 is 2.80 bits per heavy atom. The molecule has 0 aliphatic carbocycles. The fourth-order valence-corrected chi connectivity index (χ4v) is 1.94. The number of ether oxygens (including phenoxy) is 1. The second kappa shape index (κ2) is 5.75. The molecule has 1 amide bonds. The first-order valence-corrected chi connectivity index (χ1v) is 6.00. The van der Waals surface area contributed by atoms with Gasteiger partial charge in [-0.1, -0.05) is 0 Å². The second-order valence-electron chi connectivity index (χ2n) is 3.84. The second-order valence-corrected chi connectivity index (χ2v) is 4.62. The maximum Gasteiger partial charge on any atom is 0.407 e. The van der Waals surface area contributed by atoms with Crippen LogP contribution in [0, 0.1) is 0 Å². The van der Waals surface area contributed by atoms with Crippen LogP contribution in [0.1, 0.15) is 26.3 Å². The Morgan fingerprint density at radius 2 is 2.27 bits per heavy atom. The van der Waals surface area contributed by atoms with Crippen molar-refractivity contribution < 1.29 is 9.53 Å². The van der Waals surface area contributed by atoms with E-state index in [9.17, 15) is 4.79 Å². The molecule has 0 saturated carbocycles. The average Bonchev–Trinajstić information content (AvgIpc) is 2.53. The van der Waals surface area contributed by atoms with Crippen LogP contribution >= 0.6 is 11.3 Å². The van der Waals surface area contributed by atoms with Crippen molar-refractivity contribution >= 4 is 17.4 Å². The van der Waals surface area contributed by atoms with Gasteiger partial charge in [-0.25, -0.2) is 4.79 Å². The van der Waals surface area contributed by atoms with Crippen LogP contribution in [0.5, 0.6) is 0 Å². The molecular formula is C11H17NO2S. The van der Waals surface area contributed by atoms with Crippen molar-refractivity contribution in [2.75, 3.05) is 0 Å². The lowest BCUT2D eigenvalue weighted by atomic mass is 10.1. The van der Waals surface area contributed by atoms with Gasteiger partial charge in [-0.2, -0.15) is 11.3 Å². The highest BCUT2D eigenvalue weighted by Gasteiger charge is 2.10. The quantitative estimate of drug-likeness (QED) is 0.859. The first kappa shape index (κ1) is 12.0. The molecule has 3 nitrogen and oxygen atoms in total. The smallest absolute Gasteiger partial charge is 0.407 e. The van der Waals surface area contributed by atoms with Crippen molar-refractivity contribution in [1.82, 2.24) is 5.32 Å². The number of thiophene rings is 1. The van der Waals surface area contributed by atoms with Gasteiger partial charge in [0.2, 0.25) is 0 Å². The van der Waals surface area contributed by atoms with E-state index in [-0.39, 0.29) is 18.2 Å². The minimum Gasteiger partial charge on any atom is -0.447 e. The van der Waals surface area contributed by atoms with Gasteiger partial charge in [0.05, 0.1) is 6.10 Å². The zero-order chi connectivity index (χ0) is 11.3. The molecule has 0 bridgehead atoms. The van der Waals surface area contributed by atoms with Crippen molar-refractivity contribution in [2.45, 2.75) is 39.3 Å². The summed E-state index contributed by atoms with van der Waals surface area (Å²) in [6.07, 6.45) is 0.433. The summed E-state index contributed by atoms with van der Waals surface area (Å²) in [5, 5.41) is 6.92. The van der Waals surface area contributed by atoms with E-state index >= 15 is 0 Å². The van der Waals surface area contributed by atoms with Gasteiger partial charge in [0, 0.05) is 6.04 Å². The van der Waals surface area contributed by atoms with Crippen LogP contribution in [-0.2, 0) is 11.2 Å². The first-order valence-electron chi connectivity index (χ1n) is 5.06. The van der Waals surface area contributed by atoms with Gasteiger partial charge < -0.3 is 10.1 Å². The number of amides is 1. The van der Waals surface area contributed by atoms with Gasteiger partial charge in [0.15, 0.2) is 0 Å². The summed E-state index contributed by atoms with van der Waals surface area (Å²) in [5.74, 6) is 0. The summed E-state index contributed by atoms with van der Waals surface area (Å²) in [7, 11) is 0. The first-order chi connectivity index (χ1) is 7.08. The van der Waals surface area contributed by atoms with Crippen molar-refractivity contribution in [3.63, 3.8) is 0 Å². The summed E-state index contributed by atoms with van der Waals surface area (Å²) in [5.41, 5.74) is 1.25. The van der Waals surface area contributed by atoms with Crippen LogP contribution in [0.25, 0.3) is 0 Å². The molecule has 0 fully saturated rings. The molecule has 0 aromatic carbocycles. The monoisotopic (exact) mass is 227 g/mol. The van der Waals surface area contributed by atoms with Crippen molar-refractivity contribution in [3.8, 4) is 0 Å². The number of carbonyl (C=O) groups is 1. The Balaban J connectivity index is 2.29. The molecule has 0 spiro atoms. The number of carbonyl (C=O) groups excluding carboxylic acids is 1. The third-order valence-electron chi connectivity index (χ3n) is 1.83. The minimum absolute atomic E-state index is 0.0710. The lowest BCUT2D eigenvalue weighted by Gasteiger charge is -2.14. The van der Waals surface area contributed by atoms with Gasteiger partial charge in [0.25, 0.3) is 0 Å². The lowest BCUT2D eigenvalue weighted by Crippen LogP contribution is -2.35. The third-order valence-corrected chi connectivity index (χ3v) is 2.56. The zero-order valence-corrected chi connectivity index (χ0v) is 10.1. The Labute approximate surface area is 94.5 Å². The Kier molecular flexibility index (Phi) is 4.62. The van der Waals surface area contributed by atoms with Gasteiger partial charge in [-0.15, -0.1) is 0 Å². The molecule has 0 radical (unpaired) electrons. The van der Waals surface area contributed by atoms with Gasteiger partial charge in [-0.3, -0.25) is 0 Å². The summed E-state index contributed by atoms with van der Waals surface area (Å²) in [6, 6.07) is 2.17. The summed E-state index contributed by atoms with van der Waals surface area (Å²) in [4.78, 5) is 11.3. The van der Waals surface area contributed by atoms with Crippen LogP contribution in [-0.4, -0.2) is 18.2 Å². The van der Waals surface area contributed by atoms with Gasteiger partial charge in [-0.05, 0) is 49.6 Å². The molecular weight excluding hydrogens is 210 g/mol. The van der Waals surface area contributed by atoms with Crippen molar-refractivity contribution in [3.05, 3.63) is 22.4 Å². The molecule has 1 aromatic heterocycles. The minimum atomic E-state index is -0.340. The Bertz CT molecular complexity index is 296. The van der Waals surface area contributed by atoms with Gasteiger partial charge >= 0.3 is 6.09 Å². The molecule has 1 rings (SSSR count). The molecule has 0 aliphatic rings. The van der Waals surface area contributed by atoms with Crippen LogP contribution in [0.2, 0.25) is 0 Å². The summed E-state index contributed by atoms with van der Waals surface area (Å²) < 4.78 is 4.99. The SMILES string of the molecule is CC(Cc1ccsc1)NC(=O)OC(C)C. The molecule has 15 heavy (non-hydrogen) atoms. The van der Waals surface area contributed by atoms with E-state index in [0.29, 0.717) is 0 Å². The molecule has 1 N–H and O–H groups in total. The van der Waals surface area contributed by atoms with E-state index in [1.165, 1.54) is 5.56 Å². The molecule has 0 saturated heterocycles. The van der Waals surface area contributed by atoms with Crippen LogP contribution < -0.4 is 5.32 Å². The number of nitrogens with one attached hydrogen (secondary N) is 1. The van der Waals surface area contributed by atoms with Gasteiger partial charge in [0.1, 0.15) is 0 Å². The average molecular weight is 227 g/mol. The predicted molar refractivity (Wildman–Crippen MR) is 62.2 cm³/mol. The van der Waals surface area contributed by atoms with E-state index in [1.54, 1.807) is 11.3 Å².